The highest BCUT2D eigenvalue weighted by molar-refractivity contribution is 5.73. The fourth-order valence-corrected chi connectivity index (χ4v) is 2.92. The molecular weight excluding hydrogens is 424 g/mol. The van der Waals surface area contributed by atoms with Crippen molar-refractivity contribution in [3.8, 4) is 0 Å². The maximum absolute atomic E-state index is 11.5. The van der Waals surface area contributed by atoms with E-state index in [4.69, 9.17) is 18.9 Å². The van der Waals surface area contributed by atoms with Crippen molar-refractivity contribution in [1.29, 1.82) is 0 Å². The van der Waals surface area contributed by atoms with E-state index in [1.807, 2.05) is 6.92 Å². The Morgan fingerprint density at radius 2 is 1.30 bits per heavy atom. The van der Waals surface area contributed by atoms with Gasteiger partial charge in [0.05, 0.1) is 19.8 Å². The van der Waals surface area contributed by atoms with Crippen molar-refractivity contribution in [3.05, 3.63) is 12.2 Å². The van der Waals surface area contributed by atoms with E-state index in [1.165, 1.54) is 19.3 Å². The van der Waals surface area contributed by atoms with Crippen molar-refractivity contribution in [2.24, 2.45) is 0 Å². The first-order chi connectivity index (χ1) is 16.2. The minimum atomic E-state index is -0.342. The normalized spacial score (nSPS) is 11.1. The van der Waals surface area contributed by atoms with Crippen molar-refractivity contribution < 1.29 is 28.5 Å². The third-order valence-electron chi connectivity index (χ3n) is 4.68. The van der Waals surface area contributed by atoms with E-state index in [0.29, 0.717) is 33.0 Å². The van der Waals surface area contributed by atoms with E-state index in [2.05, 4.69) is 29.7 Å². The fourth-order valence-electron chi connectivity index (χ4n) is 2.92. The molecule has 0 atom stereocenters. The Balaban J connectivity index is 3.23. The van der Waals surface area contributed by atoms with Gasteiger partial charge in [-0.3, -0.25) is 0 Å². The van der Waals surface area contributed by atoms with Crippen LogP contribution in [-0.4, -0.2) is 71.3 Å². The highest BCUT2D eigenvalue weighted by atomic mass is 16.6. The van der Waals surface area contributed by atoms with Gasteiger partial charge in [0.25, 0.3) is 0 Å². The molecule has 33 heavy (non-hydrogen) atoms. The van der Waals surface area contributed by atoms with Crippen molar-refractivity contribution >= 4 is 12.0 Å². The van der Waals surface area contributed by atoms with E-state index >= 15 is 0 Å². The number of nitrogens with one attached hydrogen (secondary N) is 2. The van der Waals surface area contributed by atoms with Gasteiger partial charge >= 0.3 is 12.0 Å². The zero-order chi connectivity index (χ0) is 24.2. The number of ether oxygens (including phenoxy) is 4. The Labute approximate surface area is 201 Å². The molecule has 0 radical (unpaired) electrons. The molecular formula is C25H48N2O6. The van der Waals surface area contributed by atoms with Gasteiger partial charge in [-0.15, -0.1) is 0 Å². The van der Waals surface area contributed by atoms with Gasteiger partial charge in [0.1, 0.15) is 13.2 Å². The number of amides is 2. The molecule has 0 fully saturated rings. The predicted octanol–water partition coefficient (Wildman–Crippen LogP) is 4.38. The van der Waals surface area contributed by atoms with Gasteiger partial charge in [-0.25, -0.2) is 9.59 Å². The lowest BCUT2D eigenvalue weighted by Gasteiger charge is -2.07. The summed E-state index contributed by atoms with van der Waals surface area (Å²) in [4.78, 5) is 22.8. The number of esters is 1. The molecule has 0 unspecified atom stereocenters. The van der Waals surface area contributed by atoms with Crippen LogP contribution in [0.15, 0.2) is 12.2 Å². The van der Waals surface area contributed by atoms with Gasteiger partial charge in [0.15, 0.2) is 0 Å². The number of rotatable bonds is 24. The van der Waals surface area contributed by atoms with Gasteiger partial charge in [0, 0.05) is 26.3 Å². The standard InChI is InChI=1S/C25H48N2O6/c1-3-17-30-19-20-31-21-22-33-24(28)23-32-18-15-13-11-9-7-5-6-8-10-12-14-16-27-25(29)26-4-2/h6,8H,3-5,7,9-23H2,1-2H3,(H2,26,27,29)/b8-6-. The smallest absolute Gasteiger partial charge is 0.332 e. The zero-order valence-electron chi connectivity index (χ0n) is 21.0. The number of allylic oxidation sites excluding steroid dienone is 2. The third-order valence-corrected chi connectivity index (χ3v) is 4.68. The molecule has 2 amide bonds. The monoisotopic (exact) mass is 472 g/mol. The van der Waals surface area contributed by atoms with Crippen LogP contribution in [-0.2, 0) is 23.7 Å². The van der Waals surface area contributed by atoms with Gasteiger partial charge < -0.3 is 29.6 Å². The average molecular weight is 473 g/mol. The molecule has 194 valence electrons. The van der Waals surface area contributed by atoms with Crippen LogP contribution in [0.4, 0.5) is 4.79 Å². The maximum Gasteiger partial charge on any atom is 0.332 e. The number of unbranched alkanes of at least 4 members (excludes halogenated alkanes) is 7. The second kappa shape index (κ2) is 26.6. The van der Waals surface area contributed by atoms with Gasteiger partial charge in [-0.05, 0) is 51.9 Å². The van der Waals surface area contributed by atoms with Crippen molar-refractivity contribution in [1.82, 2.24) is 10.6 Å². The van der Waals surface area contributed by atoms with Crippen molar-refractivity contribution in [2.45, 2.75) is 78.1 Å². The quantitative estimate of drug-likeness (QED) is 0.123. The summed E-state index contributed by atoms with van der Waals surface area (Å²) in [6, 6.07) is -0.0803. The molecule has 0 aliphatic rings. The first kappa shape index (κ1) is 31.4. The fraction of sp³-hybridized carbons (Fsp3) is 0.840. The maximum atomic E-state index is 11.5. The lowest BCUT2D eigenvalue weighted by atomic mass is 10.1. The molecule has 8 heteroatoms. The van der Waals surface area contributed by atoms with E-state index in [0.717, 1.165) is 58.1 Å². The van der Waals surface area contributed by atoms with Crippen LogP contribution in [0.1, 0.15) is 78.1 Å². The van der Waals surface area contributed by atoms with Crippen LogP contribution in [0.2, 0.25) is 0 Å². The van der Waals surface area contributed by atoms with E-state index in [1.54, 1.807) is 0 Å². The van der Waals surface area contributed by atoms with Crippen molar-refractivity contribution in [2.75, 3.05) is 59.3 Å². The van der Waals surface area contributed by atoms with E-state index in [-0.39, 0.29) is 25.2 Å². The van der Waals surface area contributed by atoms with E-state index in [9.17, 15) is 9.59 Å². The number of carbonyl (C=O) groups excluding carboxylic acids is 2. The highest BCUT2D eigenvalue weighted by Crippen LogP contribution is 2.07. The Morgan fingerprint density at radius 3 is 2.03 bits per heavy atom. The molecule has 0 aliphatic carbocycles. The average Bonchev–Trinajstić information content (AvgIpc) is 2.80. The highest BCUT2D eigenvalue weighted by Gasteiger charge is 2.02. The summed E-state index contributed by atoms with van der Waals surface area (Å²) in [6.07, 6.45) is 15.5. The molecule has 0 aromatic carbocycles. The van der Waals surface area contributed by atoms with Crippen LogP contribution >= 0.6 is 0 Å². The second-order valence-corrected chi connectivity index (χ2v) is 7.81. The topological polar surface area (TPSA) is 95.1 Å². The summed E-state index contributed by atoms with van der Waals surface area (Å²) in [5.74, 6) is -0.342. The van der Waals surface area contributed by atoms with Crippen LogP contribution in [0.5, 0.6) is 0 Å². The number of carbonyl (C=O) groups is 2. The molecule has 0 heterocycles. The molecule has 0 saturated heterocycles. The first-order valence-electron chi connectivity index (χ1n) is 12.8. The zero-order valence-corrected chi connectivity index (χ0v) is 21.0. The van der Waals surface area contributed by atoms with Crippen LogP contribution in [0.3, 0.4) is 0 Å². The SMILES string of the molecule is CCCOCCOCCOC(=O)COCCCCCCC/C=C\CCCCNC(=O)NCC. The van der Waals surface area contributed by atoms with Crippen LogP contribution in [0, 0.1) is 0 Å². The summed E-state index contributed by atoms with van der Waals surface area (Å²) in [5.41, 5.74) is 0. The van der Waals surface area contributed by atoms with E-state index < -0.39 is 0 Å². The summed E-state index contributed by atoms with van der Waals surface area (Å²) in [7, 11) is 0. The largest absolute Gasteiger partial charge is 0.462 e. The Hall–Kier alpha value is -1.64. The number of hydrogen-bond acceptors (Lipinski definition) is 6. The predicted molar refractivity (Wildman–Crippen MR) is 131 cm³/mol. The van der Waals surface area contributed by atoms with Crippen LogP contribution in [0.25, 0.3) is 0 Å². The number of urea groups is 1. The van der Waals surface area contributed by atoms with Crippen molar-refractivity contribution in [3.63, 3.8) is 0 Å². The van der Waals surface area contributed by atoms with Gasteiger partial charge in [-0.1, -0.05) is 38.3 Å². The molecule has 0 bridgehead atoms. The third kappa shape index (κ3) is 26.5. The lowest BCUT2D eigenvalue weighted by Crippen LogP contribution is -2.35. The first-order valence-corrected chi connectivity index (χ1v) is 12.8. The molecule has 0 saturated carbocycles. The van der Waals surface area contributed by atoms with Crippen LogP contribution < -0.4 is 10.6 Å². The van der Waals surface area contributed by atoms with Gasteiger partial charge in [0.2, 0.25) is 0 Å². The molecule has 0 aromatic rings. The minimum Gasteiger partial charge on any atom is -0.462 e. The Kier molecular flexibility index (Phi) is 25.3. The molecule has 0 aliphatic heterocycles. The number of hydrogen-bond donors (Lipinski definition) is 2. The molecule has 0 rings (SSSR count). The summed E-state index contributed by atoms with van der Waals surface area (Å²) >= 11 is 0. The lowest BCUT2D eigenvalue weighted by molar-refractivity contribution is -0.150. The van der Waals surface area contributed by atoms with Gasteiger partial charge in [-0.2, -0.15) is 0 Å². The summed E-state index contributed by atoms with van der Waals surface area (Å²) in [6.45, 7) is 8.43. The summed E-state index contributed by atoms with van der Waals surface area (Å²) in [5, 5.41) is 5.56. The molecule has 2 N–H and O–H groups in total. The molecule has 8 nitrogen and oxygen atoms in total. The second-order valence-electron chi connectivity index (χ2n) is 7.81. The molecule has 0 aromatic heterocycles. The Bertz CT molecular complexity index is 474. The summed E-state index contributed by atoms with van der Waals surface area (Å²) < 4.78 is 21.0. The minimum absolute atomic E-state index is 0.00635. The molecule has 0 spiro atoms. The Morgan fingerprint density at radius 1 is 0.667 bits per heavy atom.